The second kappa shape index (κ2) is 15.5. The molecule has 0 N–H and O–H groups in total. The zero-order valence-electron chi connectivity index (χ0n) is 24.4. The van der Waals surface area contributed by atoms with Gasteiger partial charge in [-0.05, 0) is 25.7 Å². The Morgan fingerprint density at radius 1 is 0.541 bits per heavy atom. The van der Waals surface area contributed by atoms with Gasteiger partial charge in [0.05, 0.1) is 59.5 Å². The van der Waals surface area contributed by atoms with E-state index in [0.717, 1.165) is 65.3 Å². The minimum atomic E-state index is -1.23. The predicted octanol–water partition coefficient (Wildman–Crippen LogP) is 6.13. The fraction of sp³-hybridized carbons (Fsp3) is 1.00. The molecular weight excluding hydrogens is 472 g/mol. The first kappa shape index (κ1) is 31.3. The van der Waals surface area contributed by atoms with Gasteiger partial charge in [-0.1, -0.05) is 72.6 Å². The highest BCUT2D eigenvalue weighted by atomic mass is 16.9. The van der Waals surface area contributed by atoms with Crippen molar-refractivity contribution in [2.45, 2.75) is 104 Å². The minimum Gasteiger partial charge on any atom is -0.380 e. The molecular formula is C30H56O7. The summed E-state index contributed by atoms with van der Waals surface area (Å²) in [7, 11) is 0. The molecule has 0 aromatic rings. The van der Waals surface area contributed by atoms with Crippen molar-refractivity contribution >= 4 is 0 Å². The fourth-order valence-electron chi connectivity index (χ4n) is 4.92. The summed E-state index contributed by atoms with van der Waals surface area (Å²) in [6, 6.07) is 0. The van der Waals surface area contributed by atoms with E-state index < -0.39 is 5.97 Å². The smallest absolute Gasteiger partial charge is 0.307 e. The fourth-order valence-corrected chi connectivity index (χ4v) is 4.92. The van der Waals surface area contributed by atoms with E-state index in [1.807, 2.05) is 0 Å². The zero-order chi connectivity index (χ0) is 26.5. The van der Waals surface area contributed by atoms with Crippen LogP contribution in [0.2, 0.25) is 0 Å². The Kier molecular flexibility index (Phi) is 13.1. The van der Waals surface area contributed by atoms with Crippen LogP contribution < -0.4 is 0 Å². The van der Waals surface area contributed by atoms with Gasteiger partial charge in [0.1, 0.15) is 6.61 Å². The Bertz CT molecular complexity index is 532. The van der Waals surface area contributed by atoms with E-state index >= 15 is 0 Å². The standard InChI is InChI=1S/C30H56O7/c1-5-9-10-11-12-13-14-15-16-31-26-30(35-23-27(6-2)17-32-18-27,36-24-28(7-3)19-33-20-28)37-25-29(8-4)21-34-22-29/h5-26H2,1-4H3. The van der Waals surface area contributed by atoms with Crippen LogP contribution in [0.5, 0.6) is 0 Å². The summed E-state index contributed by atoms with van der Waals surface area (Å²) >= 11 is 0. The van der Waals surface area contributed by atoms with Crippen LogP contribution in [0.4, 0.5) is 0 Å². The van der Waals surface area contributed by atoms with Crippen LogP contribution in [-0.4, -0.2) is 78.6 Å². The molecule has 3 rings (SSSR count). The summed E-state index contributed by atoms with van der Waals surface area (Å²) in [6.45, 7) is 15.8. The summed E-state index contributed by atoms with van der Waals surface area (Å²) < 4.78 is 42.7. The minimum absolute atomic E-state index is 0.0276. The summed E-state index contributed by atoms with van der Waals surface area (Å²) in [5, 5.41) is 0. The van der Waals surface area contributed by atoms with Crippen LogP contribution in [0.15, 0.2) is 0 Å². The van der Waals surface area contributed by atoms with Gasteiger partial charge in [-0.15, -0.1) is 0 Å². The molecule has 3 heterocycles. The van der Waals surface area contributed by atoms with Crippen molar-refractivity contribution in [3.63, 3.8) is 0 Å². The van der Waals surface area contributed by atoms with Crippen molar-refractivity contribution in [2.75, 3.05) is 72.7 Å². The molecule has 0 saturated carbocycles. The maximum absolute atomic E-state index is 6.60. The first-order valence-electron chi connectivity index (χ1n) is 15.2. The Balaban J connectivity index is 1.58. The van der Waals surface area contributed by atoms with Gasteiger partial charge in [0.2, 0.25) is 0 Å². The van der Waals surface area contributed by atoms with Crippen LogP contribution >= 0.6 is 0 Å². The monoisotopic (exact) mass is 528 g/mol. The number of hydrogen-bond donors (Lipinski definition) is 0. The first-order valence-corrected chi connectivity index (χ1v) is 15.2. The molecule has 0 unspecified atom stereocenters. The number of ether oxygens (including phenoxy) is 7. The maximum atomic E-state index is 6.60. The van der Waals surface area contributed by atoms with Gasteiger partial charge in [0.15, 0.2) is 0 Å². The van der Waals surface area contributed by atoms with E-state index in [9.17, 15) is 0 Å². The van der Waals surface area contributed by atoms with E-state index in [4.69, 9.17) is 33.2 Å². The molecule has 37 heavy (non-hydrogen) atoms. The normalized spacial score (nSPS) is 21.7. The lowest BCUT2D eigenvalue weighted by Crippen LogP contribution is -2.56. The van der Waals surface area contributed by atoms with Gasteiger partial charge < -0.3 is 33.2 Å². The molecule has 0 radical (unpaired) electrons. The lowest BCUT2D eigenvalue weighted by atomic mass is 9.84. The summed E-state index contributed by atoms with van der Waals surface area (Å²) in [4.78, 5) is 0. The van der Waals surface area contributed by atoms with Crippen molar-refractivity contribution in [3.8, 4) is 0 Å². The van der Waals surface area contributed by atoms with Gasteiger partial charge in [0.25, 0.3) is 0 Å². The van der Waals surface area contributed by atoms with E-state index in [-0.39, 0.29) is 22.9 Å². The molecule has 7 heteroatoms. The van der Waals surface area contributed by atoms with Crippen molar-refractivity contribution in [1.29, 1.82) is 0 Å². The average Bonchev–Trinajstić information content (AvgIpc) is 2.84. The molecule has 0 aromatic carbocycles. The molecule has 3 aliphatic heterocycles. The predicted molar refractivity (Wildman–Crippen MR) is 145 cm³/mol. The Hall–Kier alpha value is -0.280. The zero-order valence-corrected chi connectivity index (χ0v) is 24.4. The van der Waals surface area contributed by atoms with Crippen molar-refractivity contribution < 1.29 is 33.2 Å². The molecule has 0 bridgehead atoms. The highest BCUT2D eigenvalue weighted by molar-refractivity contribution is 4.88. The van der Waals surface area contributed by atoms with E-state index in [1.54, 1.807) is 0 Å². The maximum Gasteiger partial charge on any atom is 0.307 e. The van der Waals surface area contributed by atoms with Crippen molar-refractivity contribution in [2.24, 2.45) is 16.2 Å². The Morgan fingerprint density at radius 3 is 1.24 bits per heavy atom. The summed E-state index contributed by atoms with van der Waals surface area (Å²) in [6.07, 6.45) is 13.2. The molecule has 3 saturated heterocycles. The van der Waals surface area contributed by atoms with Gasteiger partial charge >= 0.3 is 5.97 Å². The van der Waals surface area contributed by atoms with E-state index in [1.165, 1.54) is 44.9 Å². The van der Waals surface area contributed by atoms with Gasteiger partial charge in [-0.25, -0.2) is 0 Å². The third-order valence-corrected chi connectivity index (χ3v) is 8.92. The van der Waals surface area contributed by atoms with Crippen LogP contribution in [0.25, 0.3) is 0 Å². The molecule has 0 aliphatic carbocycles. The summed E-state index contributed by atoms with van der Waals surface area (Å²) in [5.74, 6) is -1.23. The Morgan fingerprint density at radius 2 is 0.919 bits per heavy atom. The number of unbranched alkanes of at least 4 members (excludes halogenated alkanes) is 7. The quantitative estimate of drug-likeness (QED) is 0.117. The lowest BCUT2D eigenvalue weighted by Gasteiger charge is -2.47. The van der Waals surface area contributed by atoms with E-state index in [0.29, 0.717) is 26.4 Å². The molecule has 0 atom stereocenters. The van der Waals surface area contributed by atoms with Crippen LogP contribution in [0, 0.1) is 16.2 Å². The molecule has 0 spiro atoms. The SMILES string of the molecule is CCCCCCCCCCOCC(OCC1(CC)COC1)(OCC1(CC)COC1)OCC1(CC)COC1. The molecule has 0 aromatic heterocycles. The largest absolute Gasteiger partial charge is 0.380 e. The third kappa shape index (κ3) is 9.12. The van der Waals surface area contributed by atoms with Crippen LogP contribution in [0.1, 0.15) is 98.3 Å². The number of rotatable bonds is 23. The molecule has 0 amide bonds. The lowest BCUT2D eigenvalue weighted by molar-refractivity contribution is -0.423. The number of hydrogen-bond acceptors (Lipinski definition) is 7. The van der Waals surface area contributed by atoms with Gasteiger partial charge in [0, 0.05) is 22.9 Å². The van der Waals surface area contributed by atoms with Gasteiger partial charge in [-0.3, -0.25) is 0 Å². The first-order chi connectivity index (χ1) is 18.0. The topological polar surface area (TPSA) is 64.6 Å². The second-order valence-corrected chi connectivity index (χ2v) is 12.1. The van der Waals surface area contributed by atoms with Crippen molar-refractivity contribution in [1.82, 2.24) is 0 Å². The third-order valence-electron chi connectivity index (χ3n) is 8.92. The second-order valence-electron chi connectivity index (χ2n) is 12.1. The summed E-state index contributed by atoms with van der Waals surface area (Å²) in [5.41, 5.74) is 0.0827. The average molecular weight is 529 g/mol. The van der Waals surface area contributed by atoms with Crippen LogP contribution in [-0.2, 0) is 33.2 Å². The molecule has 3 aliphatic rings. The van der Waals surface area contributed by atoms with Crippen LogP contribution in [0.3, 0.4) is 0 Å². The highest BCUT2D eigenvalue weighted by Gasteiger charge is 2.48. The molecule has 218 valence electrons. The van der Waals surface area contributed by atoms with Crippen molar-refractivity contribution in [3.05, 3.63) is 0 Å². The molecule has 7 nitrogen and oxygen atoms in total. The molecule has 3 fully saturated rings. The van der Waals surface area contributed by atoms with Gasteiger partial charge in [-0.2, -0.15) is 0 Å². The Labute approximate surface area is 226 Å². The highest BCUT2D eigenvalue weighted by Crippen LogP contribution is 2.38. The van der Waals surface area contributed by atoms with E-state index in [2.05, 4.69) is 27.7 Å².